The number of sulfonamides is 1. The van der Waals surface area contributed by atoms with Crippen LogP contribution in [0.25, 0.3) is 0 Å². The summed E-state index contributed by atoms with van der Waals surface area (Å²) in [6.07, 6.45) is 1.38. The summed E-state index contributed by atoms with van der Waals surface area (Å²) in [6.45, 7) is 5.29. The number of rotatable bonds is 4. The summed E-state index contributed by atoms with van der Waals surface area (Å²) in [5, 5.41) is 1.15. The van der Waals surface area contributed by atoms with Gasteiger partial charge < -0.3 is 4.90 Å². The molecule has 0 aliphatic carbocycles. The van der Waals surface area contributed by atoms with Gasteiger partial charge in [-0.25, -0.2) is 22.2 Å². The van der Waals surface area contributed by atoms with Crippen LogP contribution < -0.4 is 9.62 Å². The van der Waals surface area contributed by atoms with Gasteiger partial charge in [-0.15, -0.1) is 11.3 Å². The number of hydrogen-bond acceptors (Lipinski definition) is 5. The lowest BCUT2D eigenvalue weighted by Gasteiger charge is -2.21. The van der Waals surface area contributed by atoms with E-state index in [0.29, 0.717) is 24.9 Å². The van der Waals surface area contributed by atoms with E-state index in [9.17, 15) is 17.2 Å². The van der Waals surface area contributed by atoms with Crippen LogP contribution in [0.4, 0.5) is 19.6 Å². The first-order chi connectivity index (χ1) is 11.7. The Morgan fingerprint density at radius 2 is 1.96 bits per heavy atom. The summed E-state index contributed by atoms with van der Waals surface area (Å²) < 4.78 is 55.9. The van der Waals surface area contributed by atoms with Crippen LogP contribution in [0, 0.1) is 23.5 Å². The van der Waals surface area contributed by atoms with Crippen molar-refractivity contribution in [2.24, 2.45) is 11.8 Å². The maximum Gasteiger partial charge on any atom is 0.269 e. The van der Waals surface area contributed by atoms with Crippen LogP contribution in [-0.4, -0.2) is 26.5 Å². The molecule has 0 amide bonds. The highest BCUT2D eigenvalue weighted by atomic mass is 35.5. The number of aromatic nitrogens is 1. The number of benzene rings is 1. The third-order valence-electron chi connectivity index (χ3n) is 4.35. The molecular weight excluding hydrogens is 392 g/mol. The molecule has 1 aromatic carbocycles. The fourth-order valence-electron chi connectivity index (χ4n) is 2.81. The van der Waals surface area contributed by atoms with Crippen LogP contribution in [0.3, 0.4) is 0 Å². The van der Waals surface area contributed by atoms with Crippen molar-refractivity contribution in [2.45, 2.75) is 18.7 Å². The lowest BCUT2D eigenvalue weighted by molar-refractivity contribution is 0.494. The van der Waals surface area contributed by atoms with Gasteiger partial charge in [0.05, 0.1) is 5.69 Å². The van der Waals surface area contributed by atoms with Gasteiger partial charge in [-0.05, 0) is 11.8 Å². The number of nitrogens with zero attached hydrogens (tertiary/aromatic N) is 2. The number of nitrogens with one attached hydrogen (secondary N) is 1. The molecule has 2 atom stereocenters. The molecule has 2 aromatic rings. The van der Waals surface area contributed by atoms with Crippen LogP contribution in [0.5, 0.6) is 0 Å². The van der Waals surface area contributed by atoms with Crippen LogP contribution in [0.1, 0.15) is 13.8 Å². The first-order valence-electron chi connectivity index (χ1n) is 7.55. The molecule has 1 fully saturated rings. The second-order valence-electron chi connectivity index (χ2n) is 6.14. The zero-order valence-electron chi connectivity index (χ0n) is 13.5. The highest BCUT2D eigenvalue weighted by Gasteiger charge is 2.33. The number of thiazole rings is 1. The fraction of sp³-hybridized carbons (Fsp3) is 0.400. The Kier molecular flexibility index (Phi) is 4.91. The molecule has 5 nitrogen and oxygen atoms in total. The molecule has 1 N–H and O–H groups in total. The highest BCUT2D eigenvalue weighted by molar-refractivity contribution is 7.93. The van der Waals surface area contributed by atoms with Crippen molar-refractivity contribution in [3.8, 4) is 0 Å². The number of hydrogen-bond donors (Lipinski definition) is 1. The minimum absolute atomic E-state index is 0.0150. The average Bonchev–Trinajstić information content (AvgIpc) is 3.13. The van der Waals surface area contributed by atoms with E-state index in [1.54, 1.807) is 4.90 Å². The zero-order valence-corrected chi connectivity index (χ0v) is 15.9. The Hall–Kier alpha value is -1.45. The standard InChI is InChI=1S/C15H16ClF2N3O2S2/c1-8-6-21(7-9(8)2)11-5-10(17)14(13(18)12(11)16)25(22,23)20-15-19-3-4-24-15/h3-5,8-9H,6-7H2,1-2H3,(H,19,20)/t8-,9+. The van der Waals surface area contributed by atoms with Crippen molar-refractivity contribution in [2.75, 3.05) is 22.7 Å². The molecule has 10 heteroatoms. The second kappa shape index (κ2) is 6.69. The van der Waals surface area contributed by atoms with Gasteiger partial charge in [0.25, 0.3) is 10.0 Å². The van der Waals surface area contributed by atoms with E-state index in [4.69, 9.17) is 11.6 Å². The van der Waals surface area contributed by atoms with E-state index in [1.165, 1.54) is 11.6 Å². The fourth-order valence-corrected chi connectivity index (χ4v) is 5.07. The summed E-state index contributed by atoms with van der Waals surface area (Å²) in [5.74, 6) is -1.80. The van der Waals surface area contributed by atoms with E-state index in [0.717, 1.165) is 17.4 Å². The third kappa shape index (κ3) is 3.45. The van der Waals surface area contributed by atoms with Crippen LogP contribution in [-0.2, 0) is 10.0 Å². The quantitative estimate of drug-likeness (QED) is 0.779. The highest BCUT2D eigenvalue weighted by Crippen LogP contribution is 2.38. The van der Waals surface area contributed by atoms with Gasteiger partial charge in [0.15, 0.2) is 15.8 Å². The summed E-state index contributed by atoms with van der Waals surface area (Å²) in [5.41, 5.74) is 0.168. The molecule has 1 saturated heterocycles. The van der Waals surface area contributed by atoms with E-state index in [2.05, 4.69) is 9.71 Å². The second-order valence-corrected chi connectivity index (χ2v) is 9.03. The van der Waals surface area contributed by atoms with Gasteiger partial charge >= 0.3 is 0 Å². The van der Waals surface area contributed by atoms with Crippen molar-refractivity contribution in [1.29, 1.82) is 0 Å². The lowest BCUT2D eigenvalue weighted by Crippen LogP contribution is -2.22. The van der Waals surface area contributed by atoms with Gasteiger partial charge in [0.1, 0.15) is 10.8 Å². The Balaban J connectivity index is 2.01. The molecule has 1 aromatic heterocycles. The predicted molar refractivity (Wildman–Crippen MR) is 94.8 cm³/mol. The minimum Gasteiger partial charge on any atom is -0.370 e. The smallest absolute Gasteiger partial charge is 0.269 e. The van der Waals surface area contributed by atoms with Crippen molar-refractivity contribution in [3.05, 3.63) is 34.3 Å². The maximum atomic E-state index is 14.7. The van der Waals surface area contributed by atoms with Crippen molar-refractivity contribution in [3.63, 3.8) is 0 Å². The third-order valence-corrected chi connectivity index (χ3v) is 6.90. The van der Waals surface area contributed by atoms with Gasteiger partial charge in [0.2, 0.25) is 0 Å². The van der Waals surface area contributed by atoms with Gasteiger partial charge in [0, 0.05) is 30.7 Å². The monoisotopic (exact) mass is 407 g/mol. The number of halogens is 3. The Morgan fingerprint density at radius 1 is 1.32 bits per heavy atom. The van der Waals surface area contributed by atoms with E-state index in [1.807, 2.05) is 13.8 Å². The first kappa shape index (κ1) is 18.3. The topological polar surface area (TPSA) is 62.3 Å². The molecule has 0 bridgehead atoms. The van der Waals surface area contributed by atoms with E-state index in [-0.39, 0.29) is 10.8 Å². The molecule has 0 radical (unpaired) electrons. The lowest BCUT2D eigenvalue weighted by atomic mass is 10.0. The Labute approximate surface area is 153 Å². The summed E-state index contributed by atoms with van der Waals surface area (Å²) in [4.78, 5) is 4.42. The molecule has 25 heavy (non-hydrogen) atoms. The molecule has 2 heterocycles. The van der Waals surface area contributed by atoms with Gasteiger partial charge in [-0.2, -0.15) is 0 Å². The summed E-state index contributed by atoms with van der Waals surface area (Å²) >= 11 is 7.04. The molecule has 0 saturated carbocycles. The Morgan fingerprint density at radius 3 is 2.52 bits per heavy atom. The predicted octanol–water partition coefficient (Wildman–Crippen LogP) is 3.97. The normalized spacial score (nSPS) is 20.9. The van der Waals surface area contributed by atoms with Crippen molar-refractivity contribution < 1.29 is 17.2 Å². The first-order valence-corrected chi connectivity index (χ1v) is 10.3. The molecular formula is C15H16ClF2N3O2S2. The Bertz CT molecular complexity index is 881. The SMILES string of the molecule is C[C@@H]1CN(c2cc(F)c(S(=O)(=O)Nc3nccs3)c(F)c2Cl)C[C@@H]1C. The van der Waals surface area contributed by atoms with Crippen LogP contribution >= 0.6 is 22.9 Å². The summed E-state index contributed by atoms with van der Waals surface area (Å²) in [6, 6.07) is 0.979. The van der Waals surface area contributed by atoms with Gasteiger partial charge in [-0.1, -0.05) is 25.4 Å². The van der Waals surface area contributed by atoms with E-state index < -0.39 is 31.6 Å². The van der Waals surface area contributed by atoms with Crippen LogP contribution in [0.15, 0.2) is 22.5 Å². The number of anilines is 2. The largest absolute Gasteiger partial charge is 0.370 e. The minimum atomic E-state index is -4.48. The van der Waals surface area contributed by atoms with E-state index >= 15 is 0 Å². The zero-order chi connectivity index (χ0) is 18.4. The van der Waals surface area contributed by atoms with Crippen molar-refractivity contribution in [1.82, 2.24) is 4.98 Å². The average molecular weight is 408 g/mol. The van der Waals surface area contributed by atoms with Crippen molar-refractivity contribution >= 4 is 43.8 Å². The summed E-state index contributed by atoms with van der Waals surface area (Å²) in [7, 11) is -4.48. The molecule has 3 rings (SSSR count). The van der Waals surface area contributed by atoms with Crippen LogP contribution in [0.2, 0.25) is 5.02 Å². The molecule has 0 spiro atoms. The maximum absolute atomic E-state index is 14.7. The molecule has 0 unspecified atom stereocenters. The molecule has 136 valence electrons. The molecule has 1 aliphatic heterocycles. The van der Waals surface area contributed by atoms with Gasteiger partial charge in [-0.3, -0.25) is 4.72 Å². The molecule has 1 aliphatic rings.